The van der Waals surface area contributed by atoms with Gasteiger partial charge in [0, 0.05) is 39.9 Å². The molecule has 0 aliphatic carbocycles. The maximum Gasteiger partial charge on any atom is 0.261 e. The lowest BCUT2D eigenvalue weighted by Crippen LogP contribution is -2.41. The minimum atomic E-state index is -0.376. The maximum absolute atomic E-state index is 13.1. The quantitative estimate of drug-likeness (QED) is 0.233. The molecule has 3 heterocycles. The number of anilines is 1. The van der Waals surface area contributed by atoms with E-state index in [0.29, 0.717) is 32.7 Å². The molecule has 2 amide bonds. The third-order valence-electron chi connectivity index (χ3n) is 6.40. The fourth-order valence-electron chi connectivity index (χ4n) is 4.53. The molecule has 5 aromatic rings. The SMILES string of the molecule is O=C1c2ccccc2C(=O)N1C[C@@H](Cc1ccc(Cl)cc1Cl)Nc1nnc(-c2ccc3cnccc3c2)s1. The summed E-state index contributed by atoms with van der Waals surface area (Å²) in [5.74, 6) is -0.633. The third-order valence-corrected chi connectivity index (χ3v) is 7.89. The molecule has 1 atom stereocenters. The second-order valence-corrected chi connectivity index (χ2v) is 10.7. The monoisotopic (exact) mass is 559 g/mol. The number of rotatable bonds is 7. The van der Waals surface area contributed by atoms with Crippen molar-refractivity contribution < 1.29 is 9.59 Å². The van der Waals surface area contributed by atoms with Gasteiger partial charge in [0.2, 0.25) is 5.13 Å². The lowest BCUT2D eigenvalue weighted by molar-refractivity contribution is 0.0647. The zero-order valence-corrected chi connectivity index (χ0v) is 22.1. The molecule has 2 aromatic heterocycles. The smallest absolute Gasteiger partial charge is 0.261 e. The molecule has 0 unspecified atom stereocenters. The van der Waals surface area contributed by atoms with Gasteiger partial charge in [0.1, 0.15) is 5.01 Å². The third kappa shape index (κ3) is 4.74. The molecule has 6 rings (SSSR count). The molecular formula is C28H19Cl2N5O2S. The van der Waals surface area contributed by atoms with Crippen molar-refractivity contribution in [2.45, 2.75) is 12.5 Å². The van der Waals surface area contributed by atoms with Crippen molar-refractivity contribution in [1.82, 2.24) is 20.1 Å². The molecule has 0 radical (unpaired) electrons. The highest BCUT2D eigenvalue weighted by atomic mass is 35.5. The number of aromatic nitrogens is 3. The normalized spacial score (nSPS) is 13.7. The Morgan fingerprint density at radius 2 is 1.68 bits per heavy atom. The van der Waals surface area contributed by atoms with Crippen LogP contribution in [0.4, 0.5) is 5.13 Å². The summed E-state index contributed by atoms with van der Waals surface area (Å²) in [4.78, 5) is 31.5. The van der Waals surface area contributed by atoms with Crippen molar-refractivity contribution in [3.8, 4) is 10.6 Å². The fourth-order valence-corrected chi connectivity index (χ4v) is 5.83. The van der Waals surface area contributed by atoms with Crippen LogP contribution in [-0.2, 0) is 6.42 Å². The number of carbonyl (C=O) groups is 2. The van der Waals surface area contributed by atoms with E-state index in [1.54, 1.807) is 42.6 Å². The summed E-state index contributed by atoms with van der Waals surface area (Å²) in [6, 6.07) is 19.7. The number of fused-ring (bicyclic) bond motifs is 2. The summed E-state index contributed by atoms with van der Waals surface area (Å²) in [5, 5.41) is 16.6. The van der Waals surface area contributed by atoms with Crippen LogP contribution in [0, 0.1) is 0 Å². The average Bonchev–Trinajstić information content (AvgIpc) is 3.49. The van der Waals surface area contributed by atoms with E-state index in [1.165, 1.54) is 16.2 Å². The van der Waals surface area contributed by atoms with Gasteiger partial charge in [0.05, 0.1) is 17.2 Å². The molecule has 1 N–H and O–H groups in total. The van der Waals surface area contributed by atoms with Crippen molar-refractivity contribution in [1.29, 1.82) is 0 Å². The summed E-state index contributed by atoms with van der Waals surface area (Å²) < 4.78 is 0. The van der Waals surface area contributed by atoms with Gasteiger partial charge in [0.25, 0.3) is 11.8 Å². The number of benzene rings is 3. The number of nitrogens with zero attached hydrogens (tertiary/aromatic N) is 4. The van der Waals surface area contributed by atoms with Gasteiger partial charge in [0.15, 0.2) is 0 Å². The Morgan fingerprint density at radius 1 is 0.895 bits per heavy atom. The van der Waals surface area contributed by atoms with Gasteiger partial charge < -0.3 is 5.32 Å². The van der Waals surface area contributed by atoms with Crippen molar-refractivity contribution >= 4 is 62.3 Å². The standard InChI is InChI=1S/C28H19Cl2N5O2S/c29-20-8-7-17(24(30)13-20)12-21(15-35-26(36)22-3-1-2-4-23(22)27(35)37)32-28-34-33-25(38-28)18-5-6-19-14-31-10-9-16(19)11-18/h1-11,13-14,21H,12,15H2,(H,32,34)/t21-/m1/s1. The molecule has 0 saturated carbocycles. The molecule has 0 fully saturated rings. The Kier molecular flexibility index (Phi) is 6.53. The van der Waals surface area contributed by atoms with Crippen molar-refractivity contribution in [2.75, 3.05) is 11.9 Å². The summed E-state index contributed by atoms with van der Waals surface area (Å²) in [5.41, 5.74) is 2.58. The van der Waals surface area contributed by atoms with Gasteiger partial charge in [-0.05, 0) is 53.8 Å². The minimum absolute atomic E-state index is 0.128. The van der Waals surface area contributed by atoms with Gasteiger partial charge in [-0.1, -0.05) is 64.9 Å². The topological polar surface area (TPSA) is 88.1 Å². The van der Waals surface area contributed by atoms with Gasteiger partial charge in [-0.2, -0.15) is 0 Å². The summed E-state index contributed by atoms with van der Waals surface area (Å²) in [7, 11) is 0. The van der Waals surface area contributed by atoms with Crippen LogP contribution in [0.2, 0.25) is 10.0 Å². The molecule has 3 aromatic carbocycles. The molecule has 0 bridgehead atoms. The molecule has 1 aliphatic rings. The van der Waals surface area contributed by atoms with E-state index in [2.05, 4.69) is 20.5 Å². The number of hydrogen-bond acceptors (Lipinski definition) is 7. The summed E-state index contributed by atoms with van der Waals surface area (Å²) in [6.07, 6.45) is 4.00. The molecule has 10 heteroatoms. The zero-order valence-electron chi connectivity index (χ0n) is 19.8. The lowest BCUT2D eigenvalue weighted by Gasteiger charge is -2.24. The van der Waals surface area contributed by atoms with Crippen molar-refractivity contribution in [2.24, 2.45) is 0 Å². The number of nitrogens with one attached hydrogen (secondary N) is 1. The Bertz CT molecular complexity index is 1670. The predicted molar refractivity (Wildman–Crippen MR) is 150 cm³/mol. The second kappa shape index (κ2) is 10.1. The summed E-state index contributed by atoms with van der Waals surface area (Å²) >= 11 is 14.0. The van der Waals surface area contributed by atoms with Crippen LogP contribution < -0.4 is 5.32 Å². The lowest BCUT2D eigenvalue weighted by atomic mass is 10.1. The second-order valence-electron chi connectivity index (χ2n) is 8.90. The van der Waals surface area contributed by atoms with Gasteiger partial charge in [-0.3, -0.25) is 19.5 Å². The van der Waals surface area contributed by atoms with E-state index >= 15 is 0 Å². The molecule has 0 saturated heterocycles. The highest BCUT2D eigenvalue weighted by Crippen LogP contribution is 2.31. The Morgan fingerprint density at radius 3 is 2.45 bits per heavy atom. The van der Waals surface area contributed by atoms with Crippen LogP contribution in [0.15, 0.2) is 79.1 Å². The van der Waals surface area contributed by atoms with E-state index < -0.39 is 0 Å². The minimum Gasteiger partial charge on any atom is -0.355 e. The predicted octanol–water partition coefficient (Wildman–Crippen LogP) is 6.38. The first kappa shape index (κ1) is 24.5. The van der Waals surface area contributed by atoms with E-state index in [0.717, 1.165) is 26.9 Å². The number of carbonyl (C=O) groups excluding carboxylic acids is 2. The largest absolute Gasteiger partial charge is 0.355 e. The maximum atomic E-state index is 13.1. The molecule has 38 heavy (non-hydrogen) atoms. The van der Waals surface area contributed by atoms with Gasteiger partial charge in [-0.25, -0.2) is 0 Å². The van der Waals surface area contributed by atoms with Crippen LogP contribution in [0.5, 0.6) is 0 Å². The van der Waals surface area contributed by atoms with Crippen LogP contribution in [0.1, 0.15) is 26.3 Å². The Balaban J connectivity index is 1.28. The van der Waals surface area contributed by atoms with E-state index in [4.69, 9.17) is 23.2 Å². The molecular weight excluding hydrogens is 541 g/mol. The zero-order chi connectivity index (χ0) is 26.2. The highest BCUT2D eigenvalue weighted by molar-refractivity contribution is 7.18. The fraction of sp³-hybridized carbons (Fsp3) is 0.107. The number of amides is 2. The van der Waals surface area contributed by atoms with Crippen LogP contribution in [0.3, 0.4) is 0 Å². The highest BCUT2D eigenvalue weighted by Gasteiger charge is 2.36. The number of hydrogen-bond donors (Lipinski definition) is 1. The number of halogens is 2. The van der Waals surface area contributed by atoms with Crippen molar-refractivity contribution in [3.05, 3.63) is 106 Å². The van der Waals surface area contributed by atoms with Crippen LogP contribution >= 0.6 is 34.5 Å². The van der Waals surface area contributed by atoms with E-state index in [1.807, 2.05) is 36.5 Å². The first-order chi connectivity index (χ1) is 18.5. The summed E-state index contributed by atoms with van der Waals surface area (Å²) in [6.45, 7) is 0.128. The molecule has 0 spiro atoms. The van der Waals surface area contributed by atoms with Gasteiger partial charge >= 0.3 is 0 Å². The average molecular weight is 560 g/mol. The molecule has 7 nitrogen and oxygen atoms in total. The van der Waals surface area contributed by atoms with E-state index in [9.17, 15) is 9.59 Å². The van der Waals surface area contributed by atoms with Crippen LogP contribution in [0.25, 0.3) is 21.3 Å². The van der Waals surface area contributed by atoms with Gasteiger partial charge in [-0.15, -0.1) is 10.2 Å². The Labute approximate surface area is 232 Å². The van der Waals surface area contributed by atoms with Crippen LogP contribution in [-0.4, -0.2) is 44.5 Å². The first-order valence-electron chi connectivity index (χ1n) is 11.8. The molecule has 1 aliphatic heterocycles. The molecule has 188 valence electrons. The van der Waals surface area contributed by atoms with E-state index in [-0.39, 0.29) is 24.4 Å². The number of pyridine rings is 1. The first-order valence-corrected chi connectivity index (χ1v) is 13.4. The number of imide groups is 1. The van der Waals surface area contributed by atoms with Crippen molar-refractivity contribution in [3.63, 3.8) is 0 Å². The Hall–Kier alpha value is -3.85.